The third-order valence-electron chi connectivity index (χ3n) is 4.19. The number of aromatic nitrogens is 3. The molecule has 2 aromatic heterocycles. The minimum absolute atomic E-state index is 1.01. The van der Waals surface area contributed by atoms with E-state index in [1.54, 1.807) is 0 Å². The fourth-order valence-electron chi connectivity index (χ4n) is 3.20. The molecule has 0 atom stereocenters. The molecule has 3 aromatic rings. The van der Waals surface area contributed by atoms with E-state index in [-0.39, 0.29) is 0 Å². The number of H-pyrrole nitrogens is 1. The number of anilines is 1. The molecular formula is C16H18N4. The van der Waals surface area contributed by atoms with Gasteiger partial charge in [0.1, 0.15) is 0 Å². The minimum Gasteiger partial charge on any atom is -0.358 e. The zero-order chi connectivity index (χ0) is 13.7. The summed E-state index contributed by atoms with van der Waals surface area (Å²) in [5, 5.41) is 4.65. The van der Waals surface area contributed by atoms with Crippen molar-refractivity contribution in [3.8, 4) is 11.3 Å². The van der Waals surface area contributed by atoms with Crippen LogP contribution in [0.2, 0.25) is 0 Å². The van der Waals surface area contributed by atoms with Gasteiger partial charge in [0.2, 0.25) is 5.95 Å². The molecule has 1 aliphatic rings. The molecule has 20 heavy (non-hydrogen) atoms. The van der Waals surface area contributed by atoms with Crippen molar-refractivity contribution < 1.29 is 0 Å². The number of para-hydroxylation sites is 1. The van der Waals surface area contributed by atoms with E-state index in [4.69, 9.17) is 4.98 Å². The Bertz CT molecular complexity index is 794. The van der Waals surface area contributed by atoms with Gasteiger partial charge >= 0.3 is 0 Å². The summed E-state index contributed by atoms with van der Waals surface area (Å²) in [5.41, 5.74) is 5.95. The number of hydrogen-bond donors (Lipinski definition) is 2. The molecule has 0 fully saturated rings. The van der Waals surface area contributed by atoms with Gasteiger partial charge in [-0.25, -0.2) is 4.98 Å². The highest BCUT2D eigenvalue weighted by Crippen LogP contribution is 2.35. The van der Waals surface area contributed by atoms with Crippen molar-refractivity contribution in [1.82, 2.24) is 14.5 Å². The zero-order valence-electron chi connectivity index (χ0n) is 11.8. The number of aromatic amines is 1. The molecule has 3 heterocycles. The Morgan fingerprint density at radius 1 is 1.20 bits per heavy atom. The van der Waals surface area contributed by atoms with Gasteiger partial charge in [-0.3, -0.25) is 0 Å². The fourth-order valence-corrected chi connectivity index (χ4v) is 3.20. The smallest absolute Gasteiger partial charge is 0.203 e. The van der Waals surface area contributed by atoms with Crippen LogP contribution in [0.3, 0.4) is 0 Å². The van der Waals surface area contributed by atoms with Crippen molar-refractivity contribution >= 4 is 16.9 Å². The monoisotopic (exact) mass is 266 g/mol. The lowest BCUT2D eigenvalue weighted by Crippen LogP contribution is -2.17. The quantitative estimate of drug-likeness (QED) is 0.708. The van der Waals surface area contributed by atoms with Crippen LogP contribution >= 0.6 is 0 Å². The SMILES string of the molecule is Cc1[nH]c2ccccc2c1-c1nc2n(c1C)CCCN2. The summed E-state index contributed by atoms with van der Waals surface area (Å²) in [7, 11) is 0. The van der Waals surface area contributed by atoms with E-state index in [0.29, 0.717) is 0 Å². The number of nitrogens with zero attached hydrogens (tertiary/aromatic N) is 2. The highest BCUT2D eigenvalue weighted by Gasteiger charge is 2.21. The molecular weight excluding hydrogens is 248 g/mol. The second-order valence-corrected chi connectivity index (χ2v) is 5.47. The molecule has 0 aliphatic carbocycles. The van der Waals surface area contributed by atoms with Crippen molar-refractivity contribution in [3.63, 3.8) is 0 Å². The second kappa shape index (κ2) is 4.13. The van der Waals surface area contributed by atoms with Crippen molar-refractivity contribution in [2.24, 2.45) is 0 Å². The summed E-state index contributed by atoms with van der Waals surface area (Å²) in [4.78, 5) is 8.30. The largest absolute Gasteiger partial charge is 0.358 e. The number of hydrogen-bond acceptors (Lipinski definition) is 2. The Morgan fingerprint density at radius 2 is 2.05 bits per heavy atom. The number of imidazole rings is 1. The number of benzene rings is 1. The van der Waals surface area contributed by atoms with Crippen LogP contribution in [0.1, 0.15) is 17.8 Å². The molecule has 0 saturated heterocycles. The lowest BCUT2D eigenvalue weighted by Gasteiger charge is -2.16. The summed E-state index contributed by atoms with van der Waals surface area (Å²) in [5.74, 6) is 1.01. The first kappa shape index (κ1) is 11.6. The Morgan fingerprint density at radius 3 is 2.90 bits per heavy atom. The van der Waals surface area contributed by atoms with Gasteiger partial charge in [0, 0.05) is 40.9 Å². The van der Waals surface area contributed by atoms with Gasteiger partial charge in [0.05, 0.1) is 5.69 Å². The van der Waals surface area contributed by atoms with Crippen LogP contribution in [0, 0.1) is 13.8 Å². The lowest BCUT2D eigenvalue weighted by molar-refractivity contribution is 0.615. The molecule has 4 rings (SSSR count). The van der Waals surface area contributed by atoms with Gasteiger partial charge in [-0.2, -0.15) is 0 Å². The predicted molar refractivity (Wildman–Crippen MR) is 82.1 cm³/mol. The van der Waals surface area contributed by atoms with Gasteiger partial charge in [0.25, 0.3) is 0 Å². The summed E-state index contributed by atoms with van der Waals surface area (Å²) in [6.07, 6.45) is 1.16. The Labute approximate surface area is 117 Å². The molecule has 4 heteroatoms. The van der Waals surface area contributed by atoms with Crippen LogP contribution < -0.4 is 5.32 Å². The normalized spacial score (nSPS) is 14.3. The van der Waals surface area contributed by atoms with E-state index in [2.05, 4.69) is 53.0 Å². The highest BCUT2D eigenvalue weighted by atomic mass is 15.2. The summed E-state index contributed by atoms with van der Waals surface area (Å²) >= 11 is 0. The molecule has 2 N–H and O–H groups in total. The summed E-state index contributed by atoms with van der Waals surface area (Å²) in [6, 6.07) is 8.44. The number of aryl methyl sites for hydroxylation is 1. The lowest BCUT2D eigenvalue weighted by atomic mass is 10.1. The Kier molecular flexibility index (Phi) is 2.39. The maximum Gasteiger partial charge on any atom is 0.203 e. The first-order chi connectivity index (χ1) is 9.75. The van der Waals surface area contributed by atoms with E-state index in [1.165, 1.54) is 27.9 Å². The van der Waals surface area contributed by atoms with E-state index in [9.17, 15) is 0 Å². The maximum absolute atomic E-state index is 4.84. The van der Waals surface area contributed by atoms with Gasteiger partial charge in [-0.1, -0.05) is 18.2 Å². The standard InChI is InChI=1S/C16H18N4/c1-10-14(12-6-3-4-7-13(12)18-10)15-11(2)20-9-5-8-17-16(20)19-15/h3-4,6-7,18H,5,8-9H2,1-2H3,(H,17,19). The van der Waals surface area contributed by atoms with Crippen LogP contribution in [0.15, 0.2) is 24.3 Å². The third kappa shape index (κ3) is 1.51. The number of rotatable bonds is 1. The Hall–Kier alpha value is -2.23. The summed E-state index contributed by atoms with van der Waals surface area (Å²) < 4.78 is 2.29. The zero-order valence-corrected chi connectivity index (χ0v) is 11.8. The molecule has 0 bridgehead atoms. The van der Waals surface area contributed by atoms with E-state index < -0.39 is 0 Å². The van der Waals surface area contributed by atoms with Crippen LogP contribution in [0.25, 0.3) is 22.2 Å². The first-order valence-electron chi connectivity index (χ1n) is 7.14. The van der Waals surface area contributed by atoms with Crippen LogP contribution in [0.5, 0.6) is 0 Å². The molecule has 102 valence electrons. The molecule has 0 unspecified atom stereocenters. The fraction of sp³-hybridized carbons (Fsp3) is 0.312. The molecule has 4 nitrogen and oxygen atoms in total. The Balaban J connectivity index is 2.00. The average molecular weight is 266 g/mol. The molecule has 0 saturated carbocycles. The van der Waals surface area contributed by atoms with Crippen molar-refractivity contribution in [2.45, 2.75) is 26.8 Å². The predicted octanol–water partition coefficient (Wildman–Crippen LogP) is 3.46. The molecule has 1 aromatic carbocycles. The summed E-state index contributed by atoms with van der Waals surface area (Å²) in [6.45, 7) is 6.37. The van der Waals surface area contributed by atoms with Crippen molar-refractivity contribution in [1.29, 1.82) is 0 Å². The van der Waals surface area contributed by atoms with Gasteiger partial charge in [-0.15, -0.1) is 0 Å². The first-order valence-corrected chi connectivity index (χ1v) is 7.14. The maximum atomic E-state index is 4.84. The van der Waals surface area contributed by atoms with Crippen LogP contribution in [0.4, 0.5) is 5.95 Å². The molecule has 1 aliphatic heterocycles. The third-order valence-corrected chi connectivity index (χ3v) is 4.19. The van der Waals surface area contributed by atoms with Crippen molar-refractivity contribution in [2.75, 3.05) is 11.9 Å². The second-order valence-electron chi connectivity index (χ2n) is 5.47. The molecule has 0 amide bonds. The average Bonchev–Trinajstić information content (AvgIpc) is 2.96. The van der Waals surface area contributed by atoms with Crippen LogP contribution in [-0.4, -0.2) is 21.1 Å². The molecule has 0 spiro atoms. The van der Waals surface area contributed by atoms with Gasteiger partial charge in [0.15, 0.2) is 0 Å². The van der Waals surface area contributed by atoms with Crippen LogP contribution in [-0.2, 0) is 6.54 Å². The van der Waals surface area contributed by atoms with E-state index in [1.807, 2.05) is 0 Å². The highest BCUT2D eigenvalue weighted by molar-refractivity contribution is 5.97. The van der Waals surface area contributed by atoms with Gasteiger partial charge < -0.3 is 14.9 Å². The van der Waals surface area contributed by atoms with Gasteiger partial charge in [-0.05, 0) is 26.3 Å². The topological polar surface area (TPSA) is 45.6 Å². The molecule has 0 radical (unpaired) electrons. The van der Waals surface area contributed by atoms with E-state index in [0.717, 1.165) is 31.2 Å². The number of fused-ring (bicyclic) bond motifs is 2. The van der Waals surface area contributed by atoms with E-state index >= 15 is 0 Å². The van der Waals surface area contributed by atoms with Crippen molar-refractivity contribution in [3.05, 3.63) is 35.7 Å². The number of nitrogens with one attached hydrogen (secondary N) is 2. The minimum atomic E-state index is 1.01.